The van der Waals surface area contributed by atoms with Gasteiger partial charge in [-0.15, -0.1) is 0 Å². The van der Waals surface area contributed by atoms with Crippen molar-refractivity contribution < 1.29 is 0 Å². The fourth-order valence-corrected chi connectivity index (χ4v) is 2.39. The van der Waals surface area contributed by atoms with Crippen LogP contribution in [-0.2, 0) is 0 Å². The highest BCUT2D eigenvalue weighted by molar-refractivity contribution is 7.11. The highest BCUT2D eigenvalue weighted by Gasteiger charge is 2.06. The van der Waals surface area contributed by atoms with Gasteiger partial charge in [0.25, 0.3) is 5.56 Å². The molecular formula is C9H4Cl3NOS. The maximum absolute atomic E-state index is 11.4. The lowest BCUT2D eigenvalue weighted by Crippen LogP contribution is -2.09. The maximum Gasteiger partial charge on any atom is 0.266 e. The van der Waals surface area contributed by atoms with Crippen molar-refractivity contribution >= 4 is 46.3 Å². The van der Waals surface area contributed by atoms with E-state index in [-0.39, 0.29) is 5.56 Å². The summed E-state index contributed by atoms with van der Waals surface area (Å²) in [5.74, 6) is 0. The molecule has 0 aliphatic rings. The van der Waals surface area contributed by atoms with E-state index in [1.54, 1.807) is 18.2 Å². The van der Waals surface area contributed by atoms with Crippen LogP contribution >= 0.6 is 46.3 Å². The average Bonchev–Trinajstić information content (AvgIpc) is 2.50. The molecular weight excluding hydrogens is 277 g/mol. The van der Waals surface area contributed by atoms with Crippen LogP contribution in [0.15, 0.2) is 29.1 Å². The average molecular weight is 281 g/mol. The molecule has 0 N–H and O–H groups in total. The van der Waals surface area contributed by atoms with Crippen LogP contribution in [0.4, 0.5) is 0 Å². The maximum atomic E-state index is 11.4. The van der Waals surface area contributed by atoms with Gasteiger partial charge in [-0.05, 0) is 29.7 Å². The first-order valence-electron chi connectivity index (χ1n) is 3.92. The quantitative estimate of drug-likeness (QED) is 0.777. The van der Waals surface area contributed by atoms with E-state index in [0.717, 1.165) is 11.5 Å². The number of hydrogen-bond acceptors (Lipinski definition) is 2. The van der Waals surface area contributed by atoms with Gasteiger partial charge in [0.1, 0.15) is 4.34 Å². The van der Waals surface area contributed by atoms with Crippen LogP contribution in [0.1, 0.15) is 0 Å². The van der Waals surface area contributed by atoms with Crippen molar-refractivity contribution in [3.05, 3.63) is 49.0 Å². The highest BCUT2D eigenvalue weighted by atomic mass is 35.5. The molecule has 2 aromatic rings. The molecule has 15 heavy (non-hydrogen) atoms. The van der Waals surface area contributed by atoms with Gasteiger partial charge in [0.15, 0.2) is 0 Å². The molecule has 0 saturated heterocycles. The summed E-state index contributed by atoms with van der Waals surface area (Å²) in [6, 6.07) is 6.33. The van der Waals surface area contributed by atoms with E-state index in [0.29, 0.717) is 20.1 Å². The van der Waals surface area contributed by atoms with E-state index in [9.17, 15) is 4.79 Å². The summed E-state index contributed by atoms with van der Waals surface area (Å²) in [5.41, 5.74) is 0.481. The van der Waals surface area contributed by atoms with Crippen molar-refractivity contribution in [3.63, 3.8) is 0 Å². The lowest BCUT2D eigenvalue weighted by molar-refractivity contribution is 1.13. The molecule has 0 aliphatic carbocycles. The smallest absolute Gasteiger partial charge is 0.266 e. The number of rotatable bonds is 1. The zero-order chi connectivity index (χ0) is 11.0. The summed E-state index contributed by atoms with van der Waals surface area (Å²) >= 11 is 18.5. The number of halogens is 3. The molecule has 2 rings (SSSR count). The molecule has 0 atom stereocenters. The van der Waals surface area contributed by atoms with Crippen LogP contribution in [0, 0.1) is 0 Å². The van der Waals surface area contributed by atoms with Crippen LogP contribution in [0.25, 0.3) is 5.69 Å². The second-order valence-electron chi connectivity index (χ2n) is 2.77. The minimum Gasteiger partial charge on any atom is -0.268 e. The number of benzene rings is 1. The Hall–Kier alpha value is -0.480. The fraction of sp³-hybridized carbons (Fsp3) is 0. The first-order chi connectivity index (χ1) is 7.08. The van der Waals surface area contributed by atoms with Gasteiger partial charge in [-0.25, -0.2) is 3.96 Å². The van der Waals surface area contributed by atoms with E-state index in [1.165, 1.54) is 10.0 Å². The molecule has 0 spiro atoms. The molecule has 0 radical (unpaired) electrons. The van der Waals surface area contributed by atoms with E-state index in [4.69, 9.17) is 34.8 Å². The summed E-state index contributed by atoms with van der Waals surface area (Å²) in [6.45, 7) is 0. The van der Waals surface area contributed by atoms with Crippen LogP contribution in [0.5, 0.6) is 0 Å². The van der Waals surface area contributed by atoms with Crippen LogP contribution in [0.2, 0.25) is 14.4 Å². The zero-order valence-electron chi connectivity index (χ0n) is 7.21. The number of aromatic nitrogens is 1. The first-order valence-corrected chi connectivity index (χ1v) is 5.83. The normalized spacial score (nSPS) is 10.6. The topological polar surface area (TPSA) is 22.0 Å². The van der Waals surface area contributed by atoms with E-state index in [2.05, 4.69) is 0 Å². The molecule has 0 aliphatic heterocycles. The SMILES string of the molecule is O=c1cc(Cl)sn1-c1ccc(Cl)c(Cl)c1. The Balaban J connectivity index is 2.59. The third-order valence-corrected chi connectivity index (χ3v) is 3.67. The molecule has 0 bridgehead atoms. The van der Waals surface area contributed by atoms with Crippen LogP contribution < -0.4 is 5.56 Å². The molecule has 1 aromatic heterocycles. The molecule has 1 heterocycles. The molecule has 0 saturated carbocycles. The lowest BCUT2D eigenvalue weighted by atomic mass is 10.3. The molecule has 6 heteroatoms. The summed E-state index contributed by atoms with van der Waals surface area (Å²) in [7, 11) is 0. The first kappa shape index (κ1) is 11.0. The molecule has 1 aromatic carbocycles. The van der Waals surface area contributed by atoms with Crippen molar-refractivity contribution in [3.8, 4) is 5.69 Å². The lowest BCUT2D eigenvalue weighted by Gasteiger charge is -2.01. The second kappa shape index (κ2) is 4.18. The highest BCUT2D eigenvalue weighted by Crippen LogP contribution is 2.25. The Morgan fingerprint density at radius 2 is 1.80 bits per heavy atom. The van der Waals surface area contributed by atoms with Gasteiger partial charge in [-0.2, -0.15) is 0 Å². The molecule has 0 fully saturated rings. The Kier molecular flexibility index (Phi) is 3.07. The summed E-state index contributed by atoms with van der Waals surface area (Å²) in [6.07, 6.45) is 0. The molecule has 78 valence electrons. The Morgan fingerprint density at radius 3 is 2.33 bits per heavy atom. The zero-order valence-corrected chi connectivity index (χ0v) is 10.3. The Labute approximate surface area is 105 Å². The fourth-order valence-electron chi connectivity index (χ4n) is 1.11. The van der Waals surface area contributed by atoms with Crippen molar-refractivity contribution in [1.82, 2.24) is 3.96 Å². The van der Waals surface area contributed by atoms with E-state index < -0.39 is 0 Å². The third-order valence-electron chi connectivity index (χ3n) is 1.75. The third kappa shape index (κ3) is 2.21. The van der Waals surface area contributed by atoms with Crippen molar-refractivity contribution in [1.29, 1.82) is 0 Å². The summed E-state index contributed by atoms with van der Waals surface area (Å²) < 4.78 is 1.89. The predicted octanol–water partition coefficient (Wildman–Crippen LogP) is 3.86. The van der Waals surface area contributed by atoms with Gasteiger partial charge in [-0.3, -0.25) is 4.79 Å². The standard InChI is InChI=1S/C9H4Cl3NOS/c10-6-2-1-5(3-7(6)11)13-9(14)4-8(12)15-13/h1-4H. The second-order valence-corrected chi connectivity index (χ2v) is 5.20. The van der Waals surface area contributed by atoms with Gasteiger partial charge in [0.05, 0.1) is 15.7 Å². The van der Waals surface area contributed by atoms with Crippen molar-refractivity contribution in [2.75, 3.05) is 0 Å². The predicted molar refractivity (Wildman–Crippen MR) is 64.9 cm³/mol. The van der Waals surface area contributed by atoms with Gasteiger partial charge in [0, 0.05) is 6.07 Å². The monoisotopic (exact) mass is 279 g/mol. The van der Waals surface area contributed by atoms with Crippen molar-refractivity contribution in [2.45, 2.75) is 0 Å². The van der Waals surface area contributed by atoms with Gasteiger partial charge in [0.2, 0.25) is 0 Å². The largest absolute Gasteiger partial charge is 0.268 e. The van der Waals surface area contributed by atoms with Gasteiger partial charge in [-0.1, -0.05) is 34.8 Å². The summed E-state index contributed by atoms with van der Waals surface area (Å²) in [4.78, 5) is 11.4. The number of nitrogens with zero attached hydrogens (tertiary/aromatic N) is 1. The molecule has 0 unspecified atom stereocenters. The molecule has 0 amide bonds. The Morgan fingerprint density at radius 1 is 1.07 bits per heavy atom. The van der Waals surface area contributed by atoms with Crippen LogP contribution in [-0.4, -0.2) is 3.96 Å². The van der Waals surface area contributed by atoms with E-state index >= 15 is 0 Å². The van der Waals surface area contributed by atoms with Crippen molar-refractivity contribution in [2.24, 2.45) is 0 Å². The minimum absolute atomic E-state index is 0.177. The Bertz CT molecular complexity index is 561. The van der Waals surface area contributed by atoms with Crippen LogP contribution in [0.3, 0.4) is 0 Å². The van der Waals surface area contributed by atoms with Gasteiger partial charge < -0.3 is 0 Å². The van der Waals surface area contributed by atoms with Gasteiger partial charge >= 0.3 is 0 Å². The molecule has 2 nitrogen and oxygen atoms in total. The van der Waals surface area contributed by atoms with E-state index in [1.807, 2.05) is 0 Å². The minimum atomic E-state index is -0.177. The summed E-state index contributed by atoms with van der Waals surface area (Å²) in [5, 5.41) is 0.863. The number of hydrogen-bond donors (Lipinski definition) is 0.